The molecular weight excluding hydrogens is 117 g/mol. The van der Waals surface area contributed by atoms with Crippen LogP contribution in [0.1, 0.15) is 0 Å². The minimum Gasteiger partial charge on any atom is -1.45 e. The van der Waals surface area contributed by atoms with Crippen molar-refractivity contribution in [2.75, 3.05) is 0 Å². The Hall–Kier alpha value is 0.845. The van der Waals surface area contributed by atoms with Crippen LogP contribution in [-0.4, -0.2) is 0 Å². The molecule has 0 unspecified atom stereocenters. The Labute approximate surface area is 82.4 Å². The molecule has 0 N–H and O–H groups in total. The fourth-order valence-electron chi connectivity index (χ4n) is 0.428. The summed E-state index contributed by atoms with van der Waals surface area (Å²) < 4.78 is 0. The zero-order valence-corrected chi connectivity index (χ0v) is 6.73. The molecule has 1 aromatic rings. The van der Waals surface area contributed by atoms with Crippen molar-refractivity contribution in [1.82, 2.24) is 0 Å². The maximum atomic E-state index is 4.08. The second-order valence-electron chi connectivity index (χ2n) is 1.34. The number of hydrogen-bond acceptors (Lipinski definition) is 0. The van der Waals surface area contributed by atoms with E-state index < -0.39 is 0 Å². The molecule has 0 amide bonds. The summed E-state index contributed by atoms with van der Waals surface area (Å²) >= 11 is 0. The number of benzene rings is 1. The molecule has 0 fully saturated rings. The van der Waals surface area contributed by atoms with Gasteiger partial charge in [-0.1, -0.05) is 18.2 Å². The molecule has 36 valence electrons. The smallest absolute Gasteiger partial charge is 1.00 e. The molecule has 9 heavy (non-hydrogen) atoms. The van der Waals surface area contributed by atoms with Gasteiger partial charge in [0.15, 0.2) is 0 Å². The first-order chi connectivity index (χ1) is 3.39. The van der Waals surface area contributed by atoms with E-state index in [1.165, 1.54) is 0 Å². The SMILES string of the molecule is [Li+].[Li+].[P-2]c1ccccc1. The molecule has 1 aromatic carbocycles. The van der Waals surface area contributed by atoms with Crippen LogP contribution in [0.25, 0.3) is 0 Å². The monoisotopic (exact) mass is 122 g/mol. The van der Waals surface area contributed by atoms with E-state index in [-0.39, 0.29) is 37.7 Å². The molecule has 0 nitrogen and oxygen atoms in total. The van der Waals surface area contributed by atoms with Gasteiger partial charge >= 0.3 is 37.7 Å². The van der Waals surface area contributed by atoms with E-state index in [0.29, 0.717) is 0 Å². The predicted molar refractivity (Wildman–Crippen MR) is 33.0 cm³/mol. The normalized spacial score (nSPS) is 6.78. The molecule has 0 aliphatic rings. The van der Waals surface area contributed by atoms with Gasteiger partial charge < -0.3 is 14.5 Å². The van der Waals surface area contributed by atoms with Crippen molar-refractivity contribution in [3.63, 3.8) is 0 Å². The van der Waals surface area contributed by atoms with E-state index in [0.717, 1.165) is 5.30 Å². The van der Waals surface area contributed by atoms with Gasteiger partial charge in [-0.15, -0.1) is 12.1 Å². The van der Waals surface area contributed by atoms with Crippen molar-refractivity contribution in [1.29, 1.82) is 0 Å². The van der Waals surface area contributed by atoms with Crippen LogP contribution >= 0.6 is 9.24 Å². The van der Waals surface area contributed by atoms with Crippen LogP contribution < -0.4 is 43.0 Å². The standard InChI is InChI=1S/C6H5P.2Li/c7-6-4-2-1-3-5-6;;/h1-5H;;/q-2;2*+1. The predicted octanol–water partition coefficient (Wildman–Crippen LogP) is -4.27. The van der Waals surface area contributed by atoms with Crippen molar-refractivity contribution in [2.24, 2.45) is 0 Å². The van der Waals surface area contributed by atoms with Crippen LogP contribution in [-0.2, 0) is 0 Å². The molecule has 0 bridgehead atoms. The van der Waals surface area contributed by atoms with Crippen molar-refractivity contribution in [3.8, 4) is 0 Å². The average molecular weight is 122 g/mol. The van der Waals surface area contributed by atoms with Crippen LogP contribution in [0.5, 0.6) is 0 Å². The van der Waals surface area contributed by atoms with Crippen LogP contribution in [0.4, 0.5) is 0 Å². The fourth-order valence-corrected chi connectivity index (χ4v) is 0.600. The van der Waals surface area contributed by atoms with E-state index >= 15 is 0 Å². The molecule has 3 heteroatoms. The number of hydrogen-bond donors (Lipinski definition) is 0. The summed E-state index contributed by atoms with van der Waals surface area (Å²) in [5.41, 5.74) is 0. The van der Waals surface area contributed by atoms with Crippen LogP contribution in [0, 0.1) is 0 Å². The first kappa shape index (κ1) is 12.5. The maximum absolute atomic E-state index is 4.08. The zero-order valence-electron chi connectivity index (χ0n) is 5.83. The Bertz CT molecular complexity index is 141. The first-order valence-electron chi connectivity index (χ1n) is 2.13. The van der Waals surface area contributed by atoms with E-state index in [1.807, 2.05) is 30.3 Å². The third kappa shape index (κ3) is 5.30. The molecule has 0 aliphatic carbocycles. The van der Waals surface area contributed by atoms with Crippen LogP contribution in [0.3, 0.4) is 0 Å². The summed E-state index contributed by atoms with van der Waals surface area (Å²) in [5, 5.41) is 1.02. The number of rotatable bonds is 0. The van der Waals surface area contributed by atoms with Gasteiger partial charge in [-0.05, 0) is 0 Å². The summed E-state index contributed by atoms with van der Waals surface area (Å²) in [5.74, 6) is 0. The minimum atomic E-state index is 0. The largest absolute Gasteiger partial charge is 1.45 e. The first-order valence-corrected chi connectivity index (χ1v) is 2.58. The molecule has 0 aliphatic heterocycles. The Morgan fingerprint density at radius 1 is 0.889 bits per heavy atom. The van der Waals surface area contributed by atoms with E-state index in [4.69, 9.17) is 0 Å². The third-order valence-electron chi connectivity index (χ3n) is 0.756. The third-order valence-corrected chi connectivity index (χ3v) is 1.05. The molecule has 0 saturated carbocycles. The van der Waals surface area contributed by atoms with E-state index in [1.54, 1.807) is 0 Å². The van der Waals surface area contributed by atoms with Crippen molar-refractivity contribution < 1.29 is 37.7 Å². The van der Waals surface area contributed by atoms with Crippen LogP contribution in [0.15, 0.2) is 30.3 Å². The molecule has 0 heterocycles. The fraction of sp³-hybridized carbons (Fsp3) is 0. The summed E-state index contributed by atoms with van der Waals surface area (Å²) in [7, 11) is 4.08. The Morgan fingerprint density at radius 3 is 1.56 bits per heavy atom. The summed E-state index contributed by atoms with van der Waals surface area (Å²) in [6.45, 7) is 0. The van der Waals surface area contributed by atoms with Crippen LogP contribution in [0.2, 0.25) is 0 Å². The average Bonchev–Trinajstić information content (AvgIpc) is 1.69. The second kappa shape index (κ2) is 6.96. The van der Waals surface area contributed by atoms with Gasteiger partial charge in [0.2, 0.25) is 0 Å². The molecule has 0 radical (unpaired) electrons. The maximum Gasteiger partial charge on any atom is 1.00 e. The van der Waals surface area contributed by atoms with Gasteiger partial charge in [-0.25, -0.2) is 0 Å². The van der Waals surface area contributed by atoms with E-state index in [2.05, 4.69) is 9.24 Å². The second-order valence-corrected chi connectivity index (χ2v) is 1.85. The van der Waals surface area contributed by atoms with Gasteiger partial charge in [0.1, 0.15) is 0 Å². The Kier molecular flexibility index (Phi) is 9.68. The topological polar surface area (TPSA) is 0 Å². The molecular formula is C6H5Li2P. The molecule has 0 atom stereocenters. The summed E-state index contributed by atoms with van der Waals surface area (Å²) in [6, 6.07) is 9.79. The molecule has 1 rings (SSSR count). The van der Waals surface area contributed by atoms with Gasteiger partial charge in [-0.3, -0.25) is 0 Å². The quantitative estimate of drug-likeness (QED) is 0.241. The van der Waals surface area contributed by atoms with E-state index in [9.17, 15) is 0 Å². The van der Waals surface area contributed by atoms with Gasteiger partial charge in [0.05, 0.1) is 0 Å². The van der Waals surface area contributed by atoms with Crippen molar-refractivity contribution >= 4 is 14.5 Å². The molecule has 0 saturated heterocycles. The zero-order chi connectivity index (χ0) is 5.11. The van der Waals surface area contributed by atoms with Gasteiger partial charge in [-0.2, -0.15) is 0 Å². The summed E-state index contributed by atoms with van der Waals surface area (Å²) in [4.78, 5) is 0. The Morgan fingerprint density at radius 2 is 1.33 bits per heavy atom. The van der Waals surface area contributed by atoms with Gasteiger partial charge in [0.25, 0.3) is 0 Å². The van der Waals surface area contributed by atoms with Crippen molar-refractivity contribution in [3.05, 3.63) is 30.3 Å². The molecule has 0 spiro atoms. The van der Waals surface area contributed by atoms with Crippen molar-refractivity contribution in [2.45, 2.75) is 0 Å². The van der Waals surface area contributed by atoms with Gasteiger partial charge in [0, 0.05) is 0 Å². The Balaban J connectivity index is 0. The minimum absolute atomic E-state index is 0. The molecule has 0 aromatic heterocycles. The summed E-state index contributed by atoms with van der Waals surface area (Å²) in [6.07, 6.45) is 0.